The third kappa shape index (κ3) is 3.27. The van der Waals surface area contributed by atoms with Crippen LogP contribution in [0.2, 0.25) is 0 Å². The van der Waals surface area contributed by atoms with E-state index in [2.05, 4.69) is 20.2 Å². The lowest BCUT2D eigenvalue weighted by Gasteiger charge is -2.00. The molecule has 0 saturated carbocycles. The molecule has 0 aliphatic heterocycles. The summed E-state index contributed by atoms with van der Waals surface area (Å²) >= 11 is 0. The molecule has 6 nitrogen and oxygen atoms in total. The Labute approximate surface area is 106 Å². The first-order valence-electron chi connectivity index (χ1n) is 5.91. The molecule has 0 bridgehead atoms. The van der Waals surface area contributed by atoms with E-state index in [1.54, 1.807) is 13.3 Å². The molecule has 2 aromatic rings. The molecule has 0 unspecified atom stereocenters. The quantitative estimate of drug-likeness (QED) is 0.784. The van der Waals surface area contributed by atoms with Crippen molar-refractivity contribution in [2.24, 2.45) is 5.73 Å². The van der Waals surface area contributed by atoms with E-state index in [9.17, 15) is 0 Å². The Morgan fingerprint density at radius 2 is 2.28 bits per heavy atom. The second kappa shape index (κ2) is 6.11. The molecule has 3 N–H and O–H groups in total. The summed E-state index contributed by atoms with van der Waals surface area (Å²) in [7, 11) is 1.60. The van der Waals surface area contributed by atoms with Gasteiger partial charge >= 0.3 is 0 Å². The minimum absolute atomic E-state index is 0.611. The van der Waals surface area contributed by atoms with E-state index >= 15 is 0 Å². The number of H-pyrrole nitrogens is 1. The molecule has 0 aromatic carbocycles. The first-order chi connectivity index (χ1) is 8.81. The van der Waals surface area contributed by atoms with Crippen LogP contribution in [0, 0.1) is 0 Å². The number of ether oxygens (including phenoxy) is 1. The lowest BCUT2D eigenvalue weighted by Crippen LogP contribution is -2.01. The number of aryl methyl sites for hydroxylation is 1. The summed E-state index contributed by atoms with van der Waals surface area (Å²) in [6.45, 7) is 0.659. The molecule has 0 aliphatic carbocycles. The fourth-order valence-electron chi connectivity index (χ4n) is 1.62. The highest BCUT2D eigenvalue weighted by molar-refractivity contribution is 5.20. The summed E-state index contributed by atoms with van der Waals surface area (Å²) in [6, 6.07) is 3.80. The Morgan fingerprint density at radius 1 is 1.39 bits per heavy atom. The number of rotatable bonds is 6. The average Bonchev–Trinajstić information content (AvgIpc) is 2.85. The minimum atomic E-state index is 0.611. The summed E-state index contributed by atoms with van der Waals surface area (Å²) in [6.07, 6.45) is 4.18. The standard InChI is InChI=1S/C12H17N5O/c1-18-12-5-4-9(8-14-12)7-11-15-10(16-17-11)3-2-6-13/h4-5,8H,2-3,6-7,13H2,1H3,(H,15,16,17). The molecule has 0 atom stereocenters. The smallest absolute Gasteiger partial charge is 0.212 e. The number of nitrogens with two attached hydrogens (primary N) is 1. The van der Waals surface area contributed by atoms with E-state index in [0.717, 1.165) is 30.1 Å². The van der Waals surface area contributed by atoms with Gasteiger partial charge in [0.15, 0.2) is 5.82 Å². The highest BCUT2D eigenvalue weighted by Gasteiger charge is 2.04. The molecule has 2 heterocycles. The van der Waals surface area contributed by atoms with Gasteiger partial charge in [-0.3, -0.25) is 5.10 Å². The van der Waals surface area contributed by atoms with E-state index in [0.29, 0.717) is 18.8 Å². The predicted molar refractivity (Wildman–Crippen MR) is 67.4 cm³/mol. The number of hydrogen-bond acceptors (Lipinski definition) is 5. The Morgan fingerprint density at radius 3 is 2.94 bits per heavy atom. The van der Waals surface area contributed by atoms with E-state index < -0.39 is 0 Å². The summed E-state index contributed by atoms with van der Waals surface area (Å²) < 4.78 is 5.01. The van der Waals surface area contributed by atoms with E-state index in [1.807, 2.05) is 12.1 Å². The van der Waals surface area contributed by atoms with Crippen molar-refractivity contribution in [3.63, 3.8) is 0 Å². The van der Waals surface area contributed by atoms with Gasteiger partial charge in [0.05, 0.1) is 7.11 Å². The largest absolute Gasteiger partial charge is 0.481 e. The molecule has 2 aromatic heterocycles. The summed E-state index contributed by atoms with van der Waals surface area (Å²) in [4.78, 5) is 8.55. The fraction of sp³-hybridized carbons (Fsp3) is 0.417. The van der Waals surface area contributed by atoms with Gasteiger partial charge < -0.3 is 10.5 Å². The predicted octanol–water partition coefficient (Wildman–Crippen LogP) is 0.690. The molecule has 0 spiro atoms. The van der Waals surface area contributed by atoms with Gasteiger partial charge in [0.1, 0.15) is 5.82 Å². The molecular formula is C12H17N5O. The number of methoxy groups -OCH3 is 1. The van der Waals surface area contributed by atoms with Gasteiger partial charge in [-0.2, -0.15) is 5.10 Å². The molecule has 96 valence electrons. The molecule has 18 heavy (non-hydrogen) atoms. The first kappa shape index (κ1) is 12.5. The van der Waals surface area contributed by atoms with Gasteiger partial charge in [0.25, 0.3) is 0 Å². The molecular weight excluding hydrogens is 230 g/mol. The second-order valence-electron chi connectivity index (χ2n) is 3.98. The maximum absolute atomic E-state index is 5.45. The molecule has 2 rings (SSSR count). The van der Waals surface area contributed by atoms with Gasteiger partial charge in [-0.25, -0.2) is 9.97 Å². The lowest BCUT2D eigenvalue weighted by molar-refractivity contribution is 0.397. The molecule has 0 radical (unpaired) electrons. The first-order valence-corrected chi connectivity index (χ1v) is 5.91. The van der Waals surface area contributed by atoms with Crippen LogP contribution in [0.5, 0.6) is 5.88 Å². The zero-order chi connectivity index (χ0) is 12.8. The van der Waals surface area contributed by atoms with Crippen LogP contribution >= 0.6 is 0 Å². The van der Waals surface area contributed by atoms with Crippen LogP contribution in [0.1, 0.15) is 23.6 Å². The third-order valence-electron chi connectivity index (χ3n) is 2.56. The van der Waals surface area contributed by atoms with Crippen molar-refractivity contribution in [3.05, 3.63) is 35.5 Å². The van der Waals surface area contributed by atoms with Gasteiger partial charge in [-0.05, 0) is 18.5 Å². The van der Waals surface area contributed by atoms with Gasteiger partial charge in [-0.1, -0.05) is 6.07 Å². The average molecular weight is 247 g/mol. The molecule has 0 amide bonds. The van der Waals surface area contributed by atoms with Crippen LogP contribution in [-0.4, -0.2) is 33.8 Å². The number of nitrogens with zero attached hydrogens (tertiary/aromatic N) is 3. The van der Waals surface area contributed by atoms with Crippen molar-refractivity contribution < 1.29 is 4.74 Å². The second-order valence-corrected chi connectivity index (χ2v) is 3.98. The van der Waals surface area contributed by atoms with E-state index in [-0.39, 0.29) is 0 Å². The van der Waals surface area contributed by atoms with E-state index in [1.165, 1.54) is 0 Å². The molecule has 0 saturated heterocycles. The lowest BCUT2D eigenvalue weighted by atomic mass is 10.2. The Bertz CT molecular complexity index is 479. The zero-order valence-electron chi connectivity index (χ0n) is 10.4. The van der Waals surface area contributed by atoms with Gasteiger partial charge in [0.2, 0.25) is 5.88 Å². The van der Waals surface area contributed by atoms with Crippen molar-refractivity contribution in [3.8, 4) is 5.88 Å². The van der Waals surface area contributed by atoms with Crippen LogP contribution < -0.4 is 10.5 Å². The number of hydrogen-bond donors (Lipinski definition) is 2. The number of nitrogens with one attached hydrogen (secondary N) is 1. The number of pyridine rings is 1. The van der Waals surface area contributed by atoms with Gasteiger partial charge in [-0.15, -0.1) is 0 Å². The Hall–Kier alpha value is -1.95. The fourth-order valence-corrected chi connectivity index (χ4v) is 1.62. The maximum atomic E-state index is 5.45. The zero-order valence-corrected chi connectivity index (χ0v) is 10.4. The van der Waals surface area contributed by atoms with Crippen LogP contribution in [-0.2, 0) is 12.8 Å². The van der Waals surface area contributed by atoms with Crippen LogP contribution in [0.25, 0.3) is 0 Å². The summed E-state index contributed by atoms with van der Waals surface area (Å²) in [5.74, 6) is 2.27. The summed E-state index contributed by atoms with van der Waals surface area (Å²) in [5, 5.41) is 7.08. The normalized spacial score (nSPS) is 10.6. The van der Waals surface area contributed by atoms with Crippen molar-refractivity contribution >= 4 is 0 Å². The number of aromatic nitrogens is 4. The third-order valence-corrected chi connectivity index (χ3v) is 2.56. The van der Waals surface area contributed by atoms with Crippen molar-refractivity contribution in [1.82, 2.24) is 20.2 Å². The summed E-state index contributed by atoms with van der Waals surface area (Å²) in [5.41, 5.74) is 6.52. The SMILES string of the molecule is COc1ccc(Cc2nc(CCCN)n[nH]2)cn1. The van der Waals surface area contributed by atoms with Crippen LogP contribution in [0.4, 0.5) is 0 Å². The Kier molecular flexibility index (Phi) is 4.25. The highest BCUT2D eigenvalue weighted by atomic mass is 16.5. The number of aromatic amines is 1. The van der Waals surface area contributed by atoms with Crippen molar-refractivity contribution in [2.45, 2.75) is 19.3 Å². The topological polar surface area (TPSA) is 89.7 Å². The van der Waals surface area contributed by atoms with Crippen LogP contribution in [0.15, 0.2) is 18.3 Å². The molecule has 6 heteroatoms. The molecule has 0 aliphatic rings. The van der Waals surface area contributed by atoms with Gasteiger partial charge in [0, 0.05) is 25.1 Å². The van der Waals surface area contributed by atoms with Crippen molar-refractivity contribution in [2.75, 3.05) is 13.7 Å². The van der Waals surface area contributed by atoms with Crippen LogP contribution in [0.3, 0.4) is 0 Å². The monoisotopic (exact) mass is 247 g/mol. The van der Waals surface area contributed by atoms with Crippen molar-refractivity contribution in [1.29, 1.82) is 0 Å². The Balaban J connectivity index is 1.97. The minimum Gasteiger partial charge on any atom is -0.481 e. The maximum Gasteiger partial charge on any atom is 0.212 e. The van der Waals surface area contributed by atoms with E-state index in [4.69, 9.17) is 10.5 Å². The highest BCUT2D eigenvalue weighted by Crippen LogP contribution is 2.09. The molecule has 0 fully saturated rings.